The lowest BCUT2D eigenvalue weighted by Crippen LogP contribution is -2.49. The molecule has 2 aliphatic heterocycles. The molecular formula is C28H38FN3O3. The van der Waals surface area contributed by atoms with E-state index in [0.717, 1.165) is 37.2 Å². The van der Waals surface area contributed by atoms with Crippen LogP contribution in [0.1, 0.15) is 37.8 Å². The molecule has 35 heavy (non-hydrogen) atoms. The summed E-state index contributed by atoms with van der Waals surface area (Å²) in [4.78, 5) is 20.1. The molecule has 1 atom stereocenters. The van der Waals surface area contributed by atoms with Gasteiger partial charge in [-0.3, -0.25) is 9.69 Å². The summed E-state index contributed by atoms with van der Waals surface area (Å²) in [6.45, 7) is 8.82. The summed E-state index contributed by atoms with van der Waals surface area (Å²) in [5, 5.41) is 0. The SMILES string of the molecule is COc1ccc(CN2C[C@H](OCc3ccccc3F)CN(C3CCN(C(C)C)CC3)CC2=O)cc1. The second kappa shape index (κ2) is 12.0. The highest BCUT2D eigenvalue weighted by molar-refractivity contribution is 5.78. The van der Waals surface area contributed by atoms with Gasteiger partial charge in [-0.2, -0.15) is 0 Å². The largest absolute Gasteiger partial charge is 0.497 e. The molecule has 6 nitrogen and oxygen atoms in total. The summed E-state index contributed by atoms with van der Waals surface area (Å²) in [5.74, 6) is 0.648. The van der Waals surface area contributed by atoms with Gasteiger partial charge in [0, 0.05) is 37.3 Å². The monoisotopic (exact) mass is 483 g/mol. The molecule has 0 aromatic heterocycles. The van der Waals surface area contributed by atoms with Crippen LogP contribution in [0.2, 0.25) is 0 Å². The Kier molecular flexibility index (Phi) is 8.76. The number of carbonyl (C=O) groups is 1. The molecule has 0 N–H and O–H groups in total. The Morgan fingerprint density at radius 1 is 1.03 bits per heavy atom. The van der Waals surface area contributed by atoms with Crippen molar-refractivity contribution in [3.05, 3.63) is 65.5 Å². The molecule has 4 rings (SSSR count). The van der Waals surface area contributed by atoms with Crippen LogP contribution in [0.3, 0.4) is 0 Å². The van der Waals surface area contributed by atoms with E-state index in [2.05, 4.69) is 23.6 Å². The van der Waals surface area contributed by atoms with Gasteiger partial charge in [-0.1, -0.05) is 30.3 Å². The van der Waals surface area contributed by atoms with Crippen LogP contribution >= 0.6 is 0 Å². The van der Waals surface area contributed by atoms with E-state index in [1.54, 1.807) is 19.2 Å². The van der Waals surface area contributed by atoms with Crippen LogP contribution in [0.4, 0.5) is 4.39 Å². The normalized spacial score (nSPS) is 20.9. The lowest BCUT2D eigenvalue weighted by atomic mass is 10.0. The van der Waals surface area contributed by atoms with Gasteiger partial charge in [0.1, 0.15) is 11.6 Å². The molecule has 0 saturated carbocycles. The van der Waals surface area contributed by atoms with E-state index in [0.29, 0.717) is 43.8 Å². The molecule has 2 heterocycles. The highest BCUT2D eigenvalue weighted by Gasteiger charge is 2.34. The maximum Gasteiger partial charge on any atom is 0.237 e. The number of carbonyl (C=O) groups excluding carboxylic acids is 1. The van der Waals surface area contributed by atoms with Crippen LogP contribution in [0.15, 0.2) is 48.5 Å². The number of halogens is 1. The molecule has 0 aliphatic carbocycles. The third kappa shape index (κ3) is 6.81. The Morgan fingerprint density at radius 2 is 1.74 bits per heavy atom. The smallest absolute Gasteiger partial charge is 0.237 e. The topological polar surface area (TPSA) is 45.3 Å². The number of ether oxygens (including phenoxy) is 2. The van der Waals surface area contributed by atoms with Gasteiger partial charge in [0.2, 0.25) is 5.91 Å². The van der Waals surface area contributed by atoms with Crippen molar-refractivity contribution in [1.82, 2.24) is 14.7 Å². The molecule has 2 aliphatic rings. The molecular weight excluding hydrogens is 445 g/mol. The van der Waals surface area contributed by atoms with Crippen LogP contribution in [0, 0.1) is 5.82 Å². The van der Waals surface area contributed by atoms with Crippen LogP contribution in [-0.4, -0.2) is 78.6 Å². The molecule has 2 saturated heterocycles. The van der Waals surface area contributed by atoms with E-state index < -0.39 is 0 Å². The second-order valence-electron chi connectivity index (χ2n) is 9.94. The molecule has 0 radical (unpaired) electrons. The summed E-state index contributed by atoms with van der Waals surface area (Å²) in [5.41, 5.74) is 1.59. The van der Waals surface area contributed by atoms with Crippen molar-refractivity contribution in [1.29, 1.82) is 0 Å². The predicted molar refractivity (Wildman–Crippen MR) is 135 cm³/mol. The molecule has 0 spiro atoms. The van der Waals surface area contributed by atoms with Crippen LogP contribution in [-0.2, 0) is 22.7 Å². The first-order chi connectivity index (χ1) is 16.9. The third-order valence-electron chi connectivity index (χ3n) is 7.26. The van der Waals surface area contributed by atoms with Crippen LogP contribution in [0.5, 0.6) is 5.75 Å². The van der Waals surface area contributed by atoms with E-state index in [4.69, 9.17) is 9.47 Å². The van der Waals surface area contributed by atoms with Gasteiger partial charge in [0.05, 0.1) is 26.4 Å². The molecule has 2 fully saturated rings. The number of rotatable bonds is 8. The maximum absolute atomic E-state index is 14.2. The number of hydrogen-bond acceptors (Lipinski definition) is 5. The quantitative estimate of drug-likeness (QED) is 0.569. The Labute approximate surface area is 208 Å². The molecule has 190 valence electrons. The molecule has 2 aromatic rings. The summed E-state index contributed by atoms with van der Waals surface area (Å²) in [6.07, 6.45) is 1.90. The van der Waals surface area contributed by atoms with Crippen LogP contribution in [0.25, 0.3) is 0 Å². The third-order valence-corrected chi connectivity index (χ3v) is 7.26. The van der Waals surface area contributed by atoms with Crippen molar-refractivity contribution in [2.45, 2.75) is 58.0 Å². The Hall–Kier alpha value is -2.48. The average Bonchev–Trinajstić information content (AvgIpc) is 3.02. The van der Waals surface area contributed by atoms with Gasteiger partial charge in [-0.25, -0.2) is 4.39 Å². The summed E-state index contributed by atoms with van der Waals surface area (Å²) < 4.78 is 25.7. The molecule has 7 heteroatoms. The van der Waals surface area contributed by atoms with Crippen molar-refractivity contribution in [3.63, 3.8) is 0 Å². The van der Waals surface area contributed by atoms with Crippen molar-refractivity contribution < 1.29 is 18.7 Å². The molecule has 1 amide bonds. The van der Waals surface area contributed by atoms with Crippen LogP contribution < -0.4 is 4.74 Å². The lowest BCUT2D eigenvalue weighted by Gasteiger charge is -2.39. The molecule has 0 unspecified atom stereocenters. The van der Waals surface area contributed by atoms with Gasteiger partial charge < -0.3 is 19.3 Å². The minimum Gasteiger partial charge on any atom is -0.497 e. The number of amides is 1. The maximum atomic E-state index is 14.2. The van der Waals surface area contributed by atoms with Crippen molar-refractivity contribution in [2.75, 3.05) is 39.8 Å². The summed E-state index contributed by atoms with van der Waals surface area (Å²) in [7, 11) is 1.64. The van der Waals surface area contributed by atoms with E-state index >= 15 is 0 Å². The number of methoxy groups -OCH3 is 1. The molecule has 2 aromatic carbocycles. The number of hydrogen-bond donors (Lipinski definition) is 0. The first kappa shape index (κ1) is 25.6. The zero-order valence-electron chi connectivity index (χ0n) is 21.2. The minimum atomic E-state index is -0.259. The fraction of sp³-hybridized carbons (Fsp3) is 0.536. The Morgan fingerprint density at radius 3 is 2.40 bits per heavy atom. The zero-order chi connectivity index (χ0) is 24.8. The number of nitrogens with zero attached hydrogens (tertiary/aromatic N) is 3. The summed E-state index contributed by atoms with van der Waals surface area (Å²) >= 11 is 0. The fourth-order valence-electron chi connectivity index (χ4n) is 5.08. The predicted octanol–water partition coefficient (Wildman–Crippen LogP) is 3.94. The first-order valence-corrected chi connectivity index (χ1v) is 12.7. The van der Waals surface area contributed by atoms with Gasteiger partial charge in [0.15, 0.2) is 0 Å². The number of likely N-dealkylation sites (tertiary alicyclic amines) is 1. The fourth-order valence-corrected chi connectivity index (χ4v) is 5.08. The number of benzene rings is 2. The highest BCUT2D eigenvalue weighted by Crippen LogP contribution is 2.23. The van der Waals surface area contributed by atoms with Gasteiger partial charge in [-0.15, -0.1) is 0 Å². The van der Waals surface area contributed by atoms with Gasteiger partial charge in [0.25, 0.3) is 0 Å². The standard InChI is InChI=1S/C28H38FN3O3/c1-21(2)30-14-12-24(13-15-30)31-17-26(35-20-23-6-4-5-7-27(23)29)18-32(28(33)19-31)16-22-8-10-25(34-3)11-9-22/h4-11,21,24,26H,12-20H2,1-3H3/t26-/m1/s1. The van der Waals surface area contributed by atoms with Crippen molar-refractivity contribution in [2.24, 2.45) is 0 Å². The van der Waals surface area contributed by atoms with E-state index in [1.807, 2.05) is 35.2 Å². The van der Waals surface area contributed by atoms with Crippen molar-refractivity contribution >= 4 is 5.91 Å². The number of piperidine rings is 1. The minimum absolute atomic E-state index is 0.115. The average molecular weight is 484 g/mol. The first-order valence-electron chi connectivity index (χ1n) is 12.7. The Balaban J connectivity index is 1.47. The van der Waals surface area contributed by atoms with E-state index in [9.17, 15) is 9.18 Å². The van der Waals surface area contributed by atoms with E-state index in [-0.39, 0.29) is 24.4 Å². The summed E-state index contributed by atoms with van der Waals surface area (Å²) in [6, 6.07) is 15.4. The van der Waals surface area contributed by atoms with Crippen molar-refractivity contribution in [3.8, 4) is 5.75 Å². The zero-order valence-corrected chi connectivity index (χ0v) is 21.2. The van der Waals surface area contributed by atoms with Gasteiger partial charge in [-0.05, 0) is 63.5 Å². The lowest BCUT2D eigenvalue weighted by molar-refractivity contribution is -0.133. The molecule has 0 bridgehead atoms. The van der Waals surface area contributed by atoms with Gasteiger partial charge >= 0.3 is 0 Å². The Bertz CT molecular complexity index is 960. The highest BCUT2D eigenvalue weighted by atomic mass is 19.1. The van der Waals surface area contributed by atoms with E-state index in [1.165, 1.54) is 6.07 Å². The second-order valence-corrected chi connectivity index (χ2v) is 9.94.